The highest BCUT2D eigenvalue weighted by molar-refractivity contribution is 5.90. The Morgan fingerprint density at radius 1 is 1.12 bits per heavy atom. The zero-order valence-electron chi connectivity index (χ0n) is 17.1. The van der Waals surface area contributed by atoms with Crippen molar-refractivity contribution in [1.82, 2.24) is 10.0 Å². The molecule has 1 heterocycles. The van der Waals surface area contributed by atoms with Gasteiger partial charge in [0.15, 0.2) is 0 Å². The SMILES string of the molecule is Cc1ccc(C)c(CN2N(C3CCCC4(C)CCC3C4)C(=O)C2(C)C)c1. The molecule has 3 heteroatoms. The number of carbonyl (C=O) groups excluding carboxylic acids is 1. The van der Waals surface area contributed by atoms with Crippen molar-refractivity contribution < 1.29 is 4.79 Å². The second kappa shape index (κ2) is 6.09. The highest BCUT2D eigenvalue weighted by atomic mass is 16.2. The predicted molar refractivity (Wildman–Crippen MR) is 105 cm³/mol. The van der Waals surface area contributed by atoms with E-state index in [9.17, 15) is 4.79 Å². The van der Waals surface area contributed by atoms with Gasteiger partial charge in [-0.25, -0.2) is 0 Å². The first-order valence-corrected chi connectivity index (χ1v) is 10.4. The first-order valence-electron chi connectivity index (χ1n) is 10.4. The summed E-state index contributed by atoms with van der Waals surface area (Å²) in [6.45, 7) is 11.8. The van der Waals surface area contributed by atoms with Gasteiger partial charge in [0.05, 0.1) is 6.04 Å². The van der Waals surface area contributed by atoms with Crippen molar-refractivity contribution >= 4 is 5.91 Å². The van der Waals surface area contributed by atoms with Crippen LogP contribution >= 0.6 is 0 Å². The molecule has 26 heavy (non-hydrogen) atoms. The number of nitrogens with zero attached hydrogens (tertiary/aromatic N) is 2. The van der Waals surface area contributed by atoms with Crippen LogP contribution in [0.15, 0.2) is 18.2 Å². The summed E-state index contributed by atoms with van der Waals surface area (Å²) in [5.74, 6) is 1.01. The fourth-order valence-corrected chi connectivity index (χ4v) is 5.68. The normalized spacial score (nSPS) is 33.9. The number of amides is 1. The Morgan fingerprint density at radius 2 is 1.88 bits per heavy atom. The van der Waals surface area contributed by atoms with Crippen LogP contribution in [-0.4, -0.2) is 27.5 Å². The monoisotopic (exact) mass is 354 g/mol. The number of fused-ring (bicyclic) bond motifs is 2. The van der Waals surface area contributed by atoms with Gasteiger partial charge in [-0.15, -0.1) is 0 Å². The third-order valence-corrected chi connectivity index (χ3v) is 7.47. The zero-order chi connectivity index (χ0) is 18.7. The molecule has 0 N–H and O–H groups in total. The molecule has 0 spiro atoms. The summed E-state index contributed by atoms with van der Waals surface area (Å²) in [5.41, 5.74) is 4.11. The van der Waals surface area contributed by atoms with Gasteiger partial charge in [0.2, 0.25) is 0 Å². The van der Waals surface area contributed by atoms with E-state index in [1.165, 1.54) is 55.2 Å². The van der Waals surface area contributed by atoms with E-state index in [1.54, 1.807) is 0 Å². The van der Waals surface area contributed by atoms with Crippen LogP contribution in [0.5, 0.6) is 0 Å². The summed E-state index contributed by atoms with van der Waals surface area (Å²) in [7, 11) is 0. The van der Waals surface area contributed by atoms with Crippen molar-refractivity contribution in [3.8, 4) is 0 Å². The molecule has 4 rings (SSSR count). The van der Waals surface area contributed by atoms with E-state index in [1.807, 2.05) is 0 Å². The minimum atomic E-state index is -0.385. The van der Waals surface area contributed by atoms with E-state index in [0.717, 1.165) is 6.54 Å². The molecule has 1 aromatic carbocycles. The van der Waals surface area contributed by atoms with E-state index in [-0.39, 0.29) is 5.54 Å². The van der Waals surface area contributed by atoms with Crippen molar-refractivity contribution in [2.24, 2.45) is 11.3 Å². The summed E-state index contributed by atoms with van der Waals surface area (Å²) in [4.78, 5) is 13.1. The predicted octanol–water partition coefficient (Wildman–Crippen LogP) is 5.00. The average molecular weight is 355 g/mol. The lowest BCUT2D eigenvalue weighted by molar-refractivity contribution is -0.234. The minimum absolute atomic E-state index is 0.323. The molecule has 3 nitrogen and oxygen atoms in total. The number of benzene rings is 1. The Hall–Kier alpha value is -1.35. The highest BCUT2D eigenvalue weighted by Gasteiger charge is 2.57. The second-order valence-corrected chi connectivity index (χ2v) is 9.97. The van der Waals surface area contributed by atoms with Crippen LogP contribution in [0, 0.1) is 25.2 Å². The number of rotatable bonds is 3. The fraction of sp³-hybridized carbons (Fsp3) is 0.696. The Morgan fingerprint density at radius 3 is 2.65 bits per heavy atom. The van der Waals surface area contributed by atoms with Gasteiger partial charge in [-0.05, 0) is 82.3 Å². The molecule has 2 saturated carbocycles. The number of carbonyl (C=O) groups is 1. The minimum Gasteiger partial charge on any atom is -0.271 e. The molecule has 3 atom stereocenters. The van der Waals surface area contributed by atoms with E-state index in [2.05, 4.69) is 62.8 Å². The Balaban J connectivity index is 1.60. The molecule has 1 amide bonds. The fourth-order valence-electron chi connectivity index (χ4n) is 5.68. The van der Waals surface area contributed by atoms with Crippen molar-refractivity contribution in [3.63, 3.8) is 0 Å². The molecule has 0 aromatic heterocycles. The maximum Gasteiger partial charge on any atom is 0.258 e. The molecule has 142 valence electrons. The van der Waals surface area contributed by atoms with Gasteiger partial charge < -0.3 is 0 Å². The number of hydrazine groups is 1. The van der Waals surface area contributed by atoms with Crippen LogP contribution in [0.25, 0.3) is 0 Å². The van der Waals surface area contributed by atoms with Gasteiger partial charge in [-0.3, -0.25) is 9.80 Å². The maximum absolute atomic E-state index is 13.1. The van der Waals surface area contributed by atoms with Gasteiger partial charge in [-0.1, -0.05) is 37.1 Å². The van der Waals surface area contributed by atoms with Gasteiger partial charge in [0.25, 0.3) is 5.91 Å². The molecule has 3 aliphatic rings. The summed E-state index contributed by atoms with van der Waals surface area (Å²) in [6, 6.07) is 7.07. The van der Waals surface area contributed by atoms with Gasteiger partial charge in [0.1, 0.15) is 5.54 Å². The lowest BCUT2D eigenvalue weighted by Gasteiger charge is -2.59. The number of aryl methyl sites for hydroxylation is 2. The van der Waals surface area contributed by atoms with E-state index < -0.39 is 0 Å². The molecule has 3 fully saturated rings. The number of hydrogen-bond donors (Lipinski definition) is 0. The van der Waals surface area contributed by atoms with Crippen LogP contribution in [-0.2, 0) is 11.3 Å². The average Bonchev–Trinajstić information content (AvgIpc) is 2.89. The molecule has 0 radical (unpaired) electrons. The third kappa shape index (κ3) is 2.79. The number of hydrogen-bond acceptors (Lipinski definition) is 2. The Kier molecular flexibility index (Phi) is 4.22. The van der Waals surface area contributed by atoms with Crippen LogP contribution in [0.3, 0.4) is 0 Å². The van der Waals surface area contributed by atoms with Gasteiger partial charge in [-0.2, -0.15) is 5.01 Å². The quantitative estimate of drug-likeness (QED) is 0.762. The second-order valence-electron chi connectivity index (χ2n) is 9.97. The lowest BCUT2D eigenvalue weighted by Crippen LogP contribution is -2.77. The molecule has 2 bridgehead atoms. The maximum atomic E-state index is 13.1. The third-order valence-electron chi connectivity index (χ3n) is 7.47. The molecular formula is C23H34N2O. The highest BCUT2D eigenvalue weighted by Crippen LogP contribution is 2.52. The van der Waals surface area contributed by atoms with Crippen LogP contribution in [0.4, 0.5) is 0 Å². The molecule has 1 aliphatic heterocycles. The molecule has 1 saturated heterocycles. The standard InChI is InChI=1S/C23H34N2O/c1-16-8-9-17(2)19(13-16)15-24-22(3,4)21(26)25(24)20-7-6-11-23(5)12-10-18(20)14-23/h8-9,13,18,20H,6-7,10-12,14-15H2,1-5H3. The van der Waals surface area contributed by atoms with E-state index >= 15 is 0 Å². The van der Waals surface area contributed by atoms with Crippen molar-refractivity contribution in [3.05, 3.63) is 34.9 Å². The Labute approximate surface area is 158 Å². The summed E-state index contributed by atoms with van der Waals surface area (Å²) < 4.78 is 0. The van der Waals surface area contributed by atoms with Gasteiger partial charge in [0, 0.05) is 6.54 Å². The topological polar surface area (TPSA) is 23.6 Å². The zero-order valence-corrected chi connectivity index (χ0v) is 17.1. The largest absolute Gasteiger partial charge is 0.271 e. The smallest absolute Gasteiger partial charge is 0.258 e. The molecule has 3 unspecified atom stereocenters. The van der Waals surface area contributed by atoms with Crippen molar-refractivity contribution in [1.29, 1.82) is 0 Å². The summed E-state index contributed by atoms with van der Waals surface area (Å²) >= 11 is 0. The van der Waals surface area contributed by atoms with Crippen LogP contribution in [0.1, 0.15) is 76.0 Å². The molecular weight excluding hydrogens is 320 g/mol. The first kappa shape index (κ1) is 18.0. The summed E-state index contributed by atoms with van der Waals surface area (Å²) in [5, 5.41) is 4.53. The molecule has 2 aliphatic carbocycles. The first-order chi connectivity index (χ1) is 12.2. The summed E-state index contributed by atoms with van der Waals surface area (Å²) in [6.07, 6.45) is 7.71. The van der Waals surface area contributed by atoms with E-state index in [0.29, 0.717) is 23.3 Å². The van der Waals surface area contributed by atoms with Gasteiger partial charge >= 0.3 is 0 Å². The lowest BCUT2D eigenvalue weighted by atomic mass is 9.84. The molecule has 1 aromatic rings. The van der Waals surface area contributed by atoms with Crippen molar-refractivity contribution in [2.75, 3.05) is 0 Å². The van der Waals surface area contributed by atoms with E-state index in [4.69, 9.17) is 0 Å². The van der Waals surface area contributed by atoms with Crippen LogP contribution in [0.2, 0.25) is 0 Å². The van der Waals surface area contributed by atoms with Crippen LogP contribution < -0.4 is 0 Å². The Bertz CT molecular complexity index is 725. The van der Waals surface area contributed by atoms with Crippen molar-refractivity contribution in [2.45, 2.75) is 91.3 Å².